The van der Waals surface area contributed by atoms with Crippen molar-refractivity contribution >= 4 is 11.9 Å². The zero-order valence-corrected chi connectivity index (χ0v) is 11.3. The first-order valence-electron chi connectivity index (χ1n) is 6.97. The van der Waals surface area contributed by atoms with Gasteiger partial charge in [0.05, 0.1) is 0 Å². The van der Waals surface area contributed by atoms with Crippen LogP contribution in [-0.2, 0) is 9.59 Å². The summed E-state index contributed by atoms with van der Waals surface area (Å²) in [7, 11) is 0. The van der Waals surface area contributed by atoms with E-state index in [1.54, 1.807) is 6.92 Å². The highest BCUT2D eigenvalue weighted by Gasteiger charge is 2.50. The van der Waals surface area contributed by atoms with Crippen LogP contribution in [0.1, 0.15) is 32.2 Å². The van der Waals surface area contributed by atoms with Gasteiger partial charge in [-0.1, -0.05) is 6.42 Å². The van der Waals surface area contributed by atoms with Crippen molar-refractivity contribution in [1.29, 1.82) is 0 Å². The molecular weight excluding hydrogens is 260 g/mol. The molecule has 7 nitrogen and oxygen atoms in total. The first-order valence-corrected chi connectivity index (χ1v) is 6.97. The lowest BCUT2D eigenvalue weighted by Gasteiger charge is -2.27. The molecule has 2 aliphatic rings. The van der Waals surface area contributed by atoms with Gasteiger partial charge in [-0.15, -0.1) is 0 Å². The first-order chi connectivity index (χ1) is 9.59. The fraction of sp³-hybridized carbons (Fsp3) is 0.692. The minimum absolute atomic E-state index is 0.111. The Morgan fingerprint density at radius 1 is 1.40 bits per heavy atom. The van der Waals surface area contributed by atoms with Gasteiger partial charge in [-0.3, -0.25) is 4.79 Å². The van der Waals surface area contributed by atoms with Gasteiger partial charge >= 0.3 is 5.97 Å². The number of rotatable bonds is 3. The summed E-state index contributed by atoms with van der Waals surface area (Å²) < 4.78 is 1.47. The molecule has 1 saturated heterocycles. The Bertz CT molecular complexity index is 516. The standard InChI is InChI=1S/C13H18N4O3/c1-8(17-7-14-6-15-17)12(18)16-5-9-3-2-4-10(9)11(16)13(19)20/h6-11H,2-5H2,1H3,(H,19,20). The van der Waals surface area contributed by atoms with Gasteiger partial charge in [-0.25, -0.2) is 14.5 Å². The van der Waals surface area contributed by atoms with Gasteiger partial charge in [-0.05, 0) is 31.6 Å². The van der Waals surface area contributed by atoms with Crippen molar-refractivity contribution < 1.29 is 14.7 Å². The lowest BCUT2D eigenvalue weighted by atomic mass is 9.94. The molecule has 108 valence electrons. The summed E-state index contributed by atoms with van der Waals surface area (Å²) in [5.74, 6) is -0.627. The van der Waals surface area contributed by atoms with E-state index in [0.717, 1.165) is 19.3 Å². The molecule has 1 saturated carbocycles. The Morgan fingerprint density at radius 3 is 2.85 bits per heavy atom. The van der Waals surface area contributed by atoms with Crippen LogP contribution in [0.5, 0.6) is 0 Å². The molecule has 0 spiro atoms. The molecule has 1 aliphatic carbocycles. The van der Waals surface area contributed by atoms with Crippen LogP contribution in [0.2, 0.25) is 0 Å². The highest BCUT2D eigenvalue weighted by molar-refractivity contribution is 5.86. The summed E-state index contributed by atoms with van der Waals surface area (Å²) in [6.45, 7) is 2.28. The van der Waals surface area contributed by atoms with Crippen LogP contribution in [0.3, 0.4) is 0 Å². The molecule has 0 radical (unpaired) electrons. The monoisotopic (exact) mass is 278 g/mol. The number of carbonyl (C=O) groups is 2. The van der Waals surface area contributed by atoms with Crippen molar-refractivity contribution in [2.75, 3.05) is 6.54 Å². The number of nitrogens with zero attached hydrogens (tertiary/aromatic N) is 4. The minimum atomic E-state index is -0.890. The van der Waals surface area contributed by atoms with Crippen molar-refractivity contribution in [2.24, 2.45) is 11.8 Å². The third-order valence-electron chi connectivity index (χ3n) is 4.62. The SMILES string of the molecule is CC(C(=O)N1CC2CCCC2C1C(=O)O)n1cncn1. The van der Waals surface area contributed by atoms with Crippen molar-refractivity contribution in [2.45, 2.75) is 38.3 Å². The van der Waals surface area contributed by atoms with Gasteiger partial charge in [-0.2, -0.15) is 5.10 Å². The molecule has 2 heterocycles. The predicted octanol–water partition coefficient (Wildman–Crippen LogP) is 0.551. The van der Waals surface area contributed by atoms with Crippen LogP contribution in [0.25, 0.3) is 0 Å². The van der Waals surface area contributed by atoms with Crippen LogP contribution in [-0.4, -0.2) is 49.2 Å². The fourth-order valence-electron chi connectivity index (χ4n) is 3.62. The van der Waals surface area contributed by atoms with Crippen molar-refractivity contribution in [3.63, 3.8) is 0 Å². The fourth-order valence-corrected chi connectivity index (χ4v) is 3.62. The molecule has 0 aromatic carbocycles. The molecule has 1 amide bonds. The second kappa shape index (κ2) is 4.88. The van der Waals surface area contributed by atoms with Gasteiger partial charge in [0, 0.05) is 6.54 Å². The molecule has 20 heavy (non-hydrogen) atoms. The number of likely N-dealkylation sites (tertiary alicyclic amines) is 1. The van der Waals surface area contributed by atoms with E-state index in [0.29, 0.717) is 12.5 Å². The normalized spacial score (nSPS) is 30.2. The third kappa shape index (κ3) is 1.97. The van der Waals surface area contributed by atoms with Crippen molar-refractivity contribution in [1.82, 2.24) is 19.7 Å². The van der Waals surface area contributed by atoms with Gasteiger partial charge < -0.3 is 10.0 Å². The Labute approximate surface area is 116 Å². The quantitative estimate of drug-likeness (QED) is 0.872. The number of hydrogen-bond acceptors (Lipinski definition) is 4. The Morgan fingerprint density at radius 2 is 2.20 bits per heavy atom. The molecule has 0 bridgehead atoms. The van der Waals surface area contributed by atoms with E-state index in [1.165, 1.54) is 22.2 Å². The number of fused-ring (bicyclic) bond motifs is 1. The number of carboxylic acids is 1. The van der Waals surface area contributed by atoms with E-state index in [9.17, 15) is 14.7 Å². The second-order valence-electron chi connectivity index (χ2n) is 5.68. The van der Waals surface area contributed by atoms with Gasteiger partial charge in [0.25, 0.3) is 0 Å². The third-order valence-corrected chi connectivity index (χ3v) is 4.62. The molecule has 4 atom stereocenters. The number of hydrogen-bond donors (Lipinski definition) is 1. The highest BCUT2D eigenvalue weighted by Crippen LogP contribution is 2.42. The molecule has 4 unspecified atom stereocenters. The second-order valence-corrected chi connectivity index (χ2v) is 5.68. The maximum absolute atomic E-state index is 12.6. The first kappa shape index (κ1) is 13.1. The number of amides is 1. The zero-order chi connectivity index (χ0) is 14.3. The van der Waals surface area contributed by atoms with E-state index in [2.05, 4.69) is 10.1 Å². The minimum Gasteiger partial charge on any atom is -0.480 e. The average molecular weight is 278 g/mol. The summed E-state index contributed by atoms with van der Waals surface area (Å²) in [6, 6.07) is -1.20. The summed E-state index contributed by atoms with van der Waals surface area (Å²) in [4.78, 5) is 29.5. The van der Waals surface area contributed by atoms with E-state index in [-0.39, 0.29) is 11.8 Å². The molecule has 1 N–H and O–H groups in total. The molecule has 3 rings (SSSR count). The summed E-state index contributed by atoms with van der Waals surface area (Å²) >= 11 is 0. The molecule has 1 aromatic heterocycles. The number of aliphatic carboxylic acids is 1. The van der Waals surface area contributed by atoms with E-state index >= 15 is 0 Å². The largest absolute Gasteiger partial charge is 0.480 e. The lowest BCUT2D eigenvalue weighted by Crippen LogP contribution is -2.45. The van der Waals surface area contributed by atoms with Gasteiger partial charge in [0.2, 0.25) is 5.91 Å². The van der Waals surface area contributed by atoms with Crippen molar-refractivity contribution in [3.8, 4) is 0 Å². The van der Waals surface area contributed by atoms with E-state index in [1.807, 2.05) is 0 Å². The summed E-state index contributed by atoms with van der Waals surface area (Å²) in [5.41, 5.74) is 0. The number of carbonyl (C=O) groups excluding carboxylic acids is 1. The van der Waals surface area contributed by atoms with Gasteiger partial charge in [0.15, 0.2) is 0 Å². The lowest BCUT2D eigenvalue weighted by molar-refractivity contribution is -0.150. The van der Waals surface area contributed by atoms with Crippen molar-refractivity contribution in [3.05, 3.63) is 12.7 Å². The van der Waals surface area contributed by atoms with Crippen LogP contribution in [0.4, 0.5) is 0 Å². The molecule has 7 heteroatoms. The van der Waals surface area contributed by atoms with E-state index < -0.39 is 18.1 Å². The number of carboxylic acid groups (broad SMARTS) is 1. The summed E-state index contributed by atoms with van der Waals surface area (Å²) in [5, 5.41) is 13.4. The van der Waals surface area contributed by atoms with E-state index in [4.69, 9.17) is 0 Å². The Balaban J connectivity index is 1.82. The summed E-state index contributed by atoms with van der Waals surface area (Å²) in [6.07, 6.45) is 5.85. The topological polar surface area (TPSA) is 88.3 Å². The average Bonchev–Trinajstić information content (AvgIpc) is 3.11. The highest BCUT2D eigenvalue weighted by atomic mass is 16.4. The van der Waals surface area contributed by atoms with Crippen LogP contribution >= 0.6 is 0 Å². The van der Waals surface area contributed by atoms with Crippen LogP contribution in [0.15, 0.2) is 12.7 Å². The molecule has 1 aromatic rings. The number of aromatic nitrogens is 3. The molecule has 2 fully saturated rings. The molecule has 1 aliphatic heterocycles. The van der Waals surface area contributed by atoms with Crippen LogP contribution < -0.4 is 0 Å². The van der Waals surface area contributed by atoms with Gasteiger partial charge in [0.1, 0.15) is 24.7 Å². The Hall–Kier alpha value is -1.92. The Kier molecular flexibility index (Phi) is 3.19. The smallest absolute Gasteiger partial charge is 0.326 e. The van der Waals surface area contributed by atoms with Crippen LogP contribution in [0, 0.1) is 11.8 Å². The maximum Gasteiger partial charge on any atom is 0.326 e. The maximum atomic E-state index is 12.6. The predicted molar refractivity (Wildman–Crippen MR) is 68.7 cm³/mol. The molecular formula is C13H18N4O3. The zero-order valence-electron chi connectivity index (χ0n) is 11.3.